The molecule has 2 heteroatoms. The molecule has 56 valence electrons. The van der Waals surface area contributed by atoms with Crippen LogP contribution in [0.3, 0.4) is 0 Å². The Morgan fingerprint density at radius 3 is 2.73 bits per heavy atom. The fourth-order valence-electron chi connectivity index (χ4n) is 1.03. The van der Waals surface area contributed by atoms with Crippen molar-refractivity contribution in [3.05, 3.63) is 24.4 Å². The lowest BCUT2D eigenvalue weighted by Gasteiger charge is -2.13. The molecule has 0 aliphatic heterocycles. The van der Waals surface area contributed by atoms with Crippen LogP contribution in [0.1, 0.15) is 19.3 Å². The Morgan fingerprint density at radius 2 is 2.18 bits per heavy atom. The Hall–Kier alpha value is -1.18. The molecule has 1 aromatic heterocycles. The lowest BCUT2D eigenvalue weighted by atomic mass is 9.97. The predicted molar refractivity (Wildman–Crippen MR) is 45.2 cm³/mol. The van der Waals surface area contributed by atoms with Crippen molar-refractivity contribution in [3.8, 4) is 0 Å². The van der Waals surface area contributed by atoms with E-state index in [1.54, 1.807) is 6.20 Å². The molecule has 0 unspecified atom stereocenters. The number of rotatable bonds is 1. The van der Waals surface area contributed by atoms with Gasteiger partial charge in [0.15, 0.2) is 5.82 Å². The van der Waals surface area contributed by atoms with Gasteiger partial charge >= 0.3 is 0 Å². The predicted octanol–water partition coefficient (Wildman–Crippen LogP) is 2.34. The second kappa shape index (κ2) is 2.82. The zero-order chi connectivity index (χ0) is 7.52. The summed E-state index contributed by atoms with van der Waals surface area (Å²) in [6, 6.07) is 5.81. The minimum Gasteiger partial charge on any atom is -0.238 e. The third kappa shape index (κ3) is 1.45. The zero-order valence-electron chi connectivity index (χ0n) is 6.33. The average Bonchev–Trinajstić information content (AvgIpc) is 1.99. The second-order valence-electron chi connectivity index (χ2n) is 2.72. The highest BCUT2D eigenvalue weighted by atomic mass is 14.9. The zero-order valence-corrected chi connectivity index (χ0v) is 6.33. The molecule has 0 saturated heterocycles. The summed E-state index contributed by atoms with van der Waals surface area (Å²) in [5, 5.41) is 0. The van der Waals surface area contributed by atoms with Crippen molar-refractivity contribution in [2.75, 3.05) is 0 Å². The van der Waals surface area contributed by atoms with Gasteiger partial charge in [-0.05, 0) is 31.4 Å². The Labute approximate surface area is 66.0 Å². The van der Waals surface area contributed by atoms with Gasteiger partial charge in [-0.25, -0.2) is 9.98 Å². The summed E-state index contributed by atoms with van der Waals surface area (Å²) >= 11 is 0. The quantitative estimate of drug-likeness (QED) is 0.597. The van der Waals surface area contributed by atoms with Crippen molar-refractivity contribution in [1.29, 1.82) is 0 Å². The molecule has 1 aliphatic carbocycles. The van der Waals surface area contributed by atoms with E-state index in [-0.39, 0.29) is 0 Å². The number of aromatic nitrogens is 1. The van der Waals surface area contributed by atoms with Gasteiger partial charge in [-0.2, -0.15) is 0 Å². The normalized spacial score (nSPS) is 15.8. The minimum absolute atomic E-state index is 0.849. The van der Waals surface area contributed by atoms with Gasteiger partial charge in [0.25, 0.3) is 0 Å². The van der Waals surface area contributed by atoms with E-state index in [1.807, 2.05) is 18.2 Å². The Balaban J connectivity index is 2.17. The van der Waals surface area contributed by atoms with Crippen LogP contribution in [-0.4, -0.2) is 10.7 Å². The number of aliphatic imine (C=N–C) groups is 1. The van der Waals surface area contributed by atoms with Crippen molar-refractivity contribution in [2.24, 2.45) is 4.99 Å². The molecule has 1 aromatic rings. The first-order chi connectivity index (χ1) is 5.45. The van der Waals surface area contributed by atoms with Crippen LogP contribution in [0.2, 0.25) is 0 Å². The van der Waals surface area contributed by atoms with Gasteiger partial charge in [0.05, 0.1) is 0 Å². The van der Waals surface area contributed by atoms with Crippen LogP contribution >= 0.6 is 0 Å². The summed E-state index contributed by atoms with van der Waals surface area (Å²) < 4.78 is 0. The SMILES string of the molecule is c1ccc(N=C2CCC2)nc1. The van der Waals surface area contributed by atoms with Crippen molar-refractivity contribution in [1.82, 2.24) is 4.98 Å². The van der Waals surface area contributed by atoms with E-state index in [1.165, 1.54) is 12.1 Å². The van der Waals surface area contributed by atoms with E-state index in [0.29, 0.717) is 0 Å². The van der Waals surface area contributed by atoms with Gasteiger partial charge in [0.1, 0.15) is 0 Å². The number of pyridine rings is 1. The summed E-state index contributed by atoms with van der Waals surface area (Å²) in [7, 11) is 0. The van der Waals surface area contributed by atoms with E-state index in [9.17, 15) is 0 Å². The third-order valence-electron chi connectivity index (χ3n) is 1.85. The molecule has 2 rings (SSSR count). The third-order valence-corrected chi connectivity index (χ3v) is 1.85. The van der Waals surface area contributed by atoms with E-state index >= 15 is 0 Å². The van der Waals surface area contributed by atoms with Gasteiger partial charge in [0, 0.05) is 11.9 Å². The first-order valence-electron chi connectivity index (χ1n) is 3.92. The van der Waals surface area contributed by atoms with Crippen LogP contribution in [0.5, 0.6) is 0 Å². The summed E-state index contributed by atoms with van der Waals surface area (Å²) in [6.07, 6.45) is 5.40. The number of nitrogens with zero attached hydrogens (tertiary/aromatic N) is 2. The van der Waals surface area contributed by atoms with Gasteiger partial charge < -0.3 is 0 Å². The molecule has 1 saturated carbocycles. The van der Waals surface area contributed by atoms with Crippen LogP contribution in [0.4, 0.5) is 5.82 Å². The maximum Gasteiger partial charge on any atom is 0.151 e. The monoisotopic (exact) mass is 146 g/mol. The molecule has 0 bridgehead atoms. The topological polar surface area (TPSA) is 25.2 Å². The first-order valence-corrected chi connectivity index (χ1v) is 3.92. The Kier molecular flexibility index (Phi) is 1.68. The van der Waals surface area contributed by atoms with Crippen molar-refractivity contribution in [2.45, 2.75) is 19.3 Å². The molecule has 0 amide bonds. The molecule has 11 heavy (non-hydrogen) atoms. The van der Waals surface area contributed by atoms with Crippen molar-refractivity contribution < 1.29 is 0 Å². The van der Waals surface area contributed by atoms with Crippen LogP contribution in [0.25, 0.3) is 0 Å². The standard InChI is InChI=1S/C9H10N2/c1-2-7-10-9(6-1)11-8-4-3-5-8/h1-2,6-7H,3-5H2. The lowest BCUT2D eigenvalue weighted by Crippen LogP contribution is -2.08. The van der Waals surface area contributed by atoms with Gasteiger partial charge in [-0.15, -0.1) is 0 Å². The molecule has 1 aliphatic rings. The molecule has 1 heterocycles. The fraction of sp³-hybridized carbons (Fsp3) is 0.333. The minimum atomic E-state index is 0.849. The van der Waals surface area contributed by atoms with E-state index in [0.717, 1.165) is 18.7 Å². The maximum absolute atomic E-state index is 4.37. The summed E-state index contributed by atoms with van der Waals surface area (Å²) in [5.41, 5.74) is 1.30. The Morgan fingerprint density at radius 1 is 1.27 bits per heavy atom. The molecule has 0 radical (unpaired) electrons. The van der Waals surface area contributed by atoms with Crippen LogP contribution in [0.15, 0.2) is 29.4 Å². The fourth-order valence-corrected chi connectivity index (χ4v) is 1.03. The summed E-state index contributed by atoms with van der Waals surface area (Å²) in [5.74, 6) is 0.849. The average molecular weight is 146 g/mol. The smallest absolute Gasteiger partial charge is 0.151 e. The van der Waals surface area contributed by atoms with Gasteiger partial charge in [-0.1, -0.05) is 6.07 Å². The molecule has 0 spiro atoms. The molecular weight excluding hydrogens is 136 g/mol. The van der Waals surface area contributed by atoms with E-state index in [2.05, 4.69) is 9.98 Å². The van der Waals surface area contributed by atoms with Crippen LogP contribution < -0.4 is 0 Å². The van der Waals surface area contributed by atoms with Gasteiger partial charge in [0.2, 0.25) is 0 Å². The summed E-state index contributed by atoms with van der Waals surface area (Å²) in [4.78, 5) is 8.48. The van der Waals surface area contributed by atoms with E-state index in [4.69, 9.17) is 0 Å². The second-order valence-corrected chi connectivity index (χ2v) is 2.72. The maximum atomic E-state index is 4.37. The largest absolute Gasteiger partial charge is 0.238 e. The number of hydrogen-bond donors (Lipinski definition) is 0. The molecule has 1 fully saturated rings. The van der Waals surface area contributed by atoms with Crippen molar-refractivity contribution >= 4 is 11.5 Å². The van der Waals surface area contributed by atoms with Crippen molar-refractivity contribution in [3.63, 3.8) is 0 Å². The van der Waals surface area contributed by atoms with Gasteiger partial charge in [-0.3, -0.25) is 0 Å². The van der Waals surface area contributed by atoms with Crippen LogP contribution in [0, 0.1) is 0 Å². The highest BCUT2D eigenvalue weighted by molar-refractivity contribution is 5.90. The molecule has 2 nitrogen and oxygen atoms in total. The lowest BCUT2D eigenvalue weighted by molar-refractivity contribution is 0.802. The molecule has 0 atom stereocenters. The number of hydrogen-bond acceptors (Lipinski definition) is 2. The summed E-state index contributed by atoms with van der Waals surface area (Å²) in [6.45, 7) is 0. The first kappa shape index (κ1) is 6.53. The molecule has 0 aromatic carbocycles. The molecular formula is C9H10N2. The van der Waals surface area contributed by atoms with E-state index < -0.39 is 0 Å². The molecule has 0 N–H and O–H groups in total. The highest BCUT2D eigenvalue weighted by Crippen LogP contribution is 2.18. The Bertz CT molecular complexity index is 258. The van der Waals surface area contributed by atoms with Crippen LogP contribution in [-0.2, 0) is 0 Å². The highest BCUT2D eigenvalue weighted by Gasteiger charge is 2.09.